The normalized spacial score (nSPS) is 10.5. The van der Waals surface area contributed by atoms with Crippen LogP contribution in [-0.2, 0) is 0 Å². The van der Waals surface area contributed by atoms with Gasteiger partial charge in [-0.1, -0.05) is 23.2 Å². The number of carbonyl (C=O) groups is 2. The summed E-state index contributed by atoms with van der Waals surface area (Å²) in [5.74, 6) is -0.552. The molecule has 2 amide bonds. The zero-order chi connectivity index (χ0) is 19.6. The summed E-state index contributed by atoms with van der Waals surface area (Å²) in [5, 5.41) is 3.46. The average molecular weight is 402 g/mol. The maximum atomic E-state index is 12.4. The minimum atomic E-state index is -0.315. The molecule has 0 bridgehead atoms. The van der Waals surface area contributed by atoms with Gasteiger partial charge in [0.2, 0.25) is 0 Å². The van der Waals surface area contributed by atoms with Gasteiger partial charge in [0.15, 0.2) is 0 Å². The van der Waals surface area contributed by atoms with Crippen LogP contribution in [0.1, 0.15) is 32.1 Å². The molecular formula is C20H17Cl2N3O2. The topological polar surface area (TPSA) is 63.1 Å². The van der Waals surface area contributed by atoms with Crippen LogP contribution < -0.4 is 10.7 Å². The Morgan fingerprint density at radius 1 is 0.778 bits per heavy atom. The fraction of sp³-hybridized carbons (Fsp3) is 0.100. The monoisotopic (exact) mass is 401 g/mol. The van der Waals surface area contributed by atoms with Gasteiger partial charge in [-0.15, -0.1) is 0 Å². The van der Waals surface area contributed by atoms with Crippen LogP contribution in [0.4, 0.5) is 5.69 Å². The number of rotatable bonds is 4. The maximum absolute atomic E-state index is 12.4. The largest absolute Gasteiger partial charge is 0.322 e. The van der Waals surface area contributed by atoms with Gasteiger partial charge in [-0.05, 0) is 68.4 Å². The van der Waals surface area contributed by atoms with Crippen LogP contribution in [0, 0.1) is 13.8 Å². The number of halogens is 2. The van der Waals surface area contributed by atoms with Crippen LogP contribution in [0.15, 0.2) is 54.6 Å². The highest BCUT2D eigenvalue weighted by Gasteiger charge is 2.11. The molecule has 2 N–H and O–H groups in total. The van der Waals surface area contributed by atoms with E-state index in [1.165, 1.54) is 6.07 Å². The number of hydrogen-bond acceptors (Lipinski definition) is 2. The van der Waals surface area contributed by atoms with Crippen LogP contribution >= 0.6 is 23.2 Å². The van der Waals surface area contributed by atoms with Crippen molar-refractivity contribution >= 4 is 40.7 Å². The third-order valence-electron chi connectivity index (χ3n) is 4.07. The smallest absolute Gasteiger partial charge is 0.270 e. The second kappa shape index (κ2) is 7.86. The molecule has 0 aliphatic heterocycles. The van der Waals surface area contributed by atoms with Gasteiger partial charge in [-0.2, -0.15) is 0 Å². The summed E-state index contributed by atoms with van der Waals surface area (Å²) in [4.78, 5) is 24.7. The Labute approximate surface area is 166 Å². The van der Waals surface area contributed by atoms with Crippen LogP contribution in [0.25, 0.3) is 0 Å². The first-order chi connectivity index (χ1) is 12.8. The van der Waals surface area contributed by atoms with Crippen molar-refractivity contribution in [1.29, 1.82) is 0 Å². The molecule has 3 aromatic rings. The number of aryl methyl sites for hydroxylation is 2. The van der Waals surface area contributed by atoms with Crippen molar-refractivity contribution in [2.45, 2.75) is 13.8 Å². The van der Waals surface area contributed by atoms with E-state index < -0.39 is 0 Å². The number of hydrogen-bond donors (Lipinski definition) is 2. The minimum absolute atomic E-state index is 0.236. The third-order valence-corrected chi connectivity index (χ3v) is 4.81. The number of amides is 2. The van der Waals surface area contributed by atoms with Crippen molar-refractivity contribution in [3.8, 4) is 0 Å². The Morgan fingerprint density at radius 2 is 1.37 bits per heavy atom. The fourth-order valence-corrected chi connectivity index (χ4v) is 2.85. The van der Waals surface area contributed by atoms with E-state index in [9.17, 15) is 9.59 Å². The lowest BCUT2D eigenvalue weighted by atomic mass is 10.1. The Hall–Kier alpha value is -2.76. The minimum Gasteiger partial charge on any atom is -0.322 e. The fourth-order valence-electron chi connectivity index (χ4n) is 2.56. The van der Waals surface area contributed by atoms with Gasteiger partial charge in [0.25, 0.3) is 11.8 Å². The summed E-state index contributed by atoms with van der Waals surface area (Å²) < 4.78 is 1.72. The molecule has 1 heterocycles. The van der Waals surface area contributed by atoms with Crippen LogP contribution in [0.2, 0.25) is 10.0 Å². The molecule has 7 heteroatoms. The van der Waals surface area contributed by atoms with E-state index in [4.69, 9.17) is 23.2 Å². The molecule has 0 radical (unpaired) electrons. The molecule has 0 atom stereocenters. The molecule has 27 heavy (non-hydrogen) atoms. The lowest BCUT2D eigenvalue weighted by Gasteiger charge is -2.12. The van der Waals surface area contributed by atoms with Gasteiger partial charge < -0.3 is 5.32 Å². The first kappa shape index (κ1) is 19.0. The molecule has 2 aromatic carbocycles. The molecular weight excluding hydrogens is 385 g/mol. The van der Waals surface area contributed by atoms with Crippen molar-refractivity contribution < 1.29 is 9.59 Å². The first-order valence-corrected chi connectivity index (χ1v) is 8.93. The highest BCUT2D eigenvalue weighted by molar-refractivity contribution is 6.42. The van der Waals surface area contributed by atoms with Gasteiger partial charge in [0.05, 0.1) is 10.0 Å². The molecule has 138 valence electrons. The van der Waals surface area contributed by atoms with Crippen molar-refractivity contribution in [1.82, 2.24) is 4.68 Å². The van der Waals surface area contributed by atoms with E-state index >= 15 is 0 Å². The molecule has 1 aromatic heterocycles. The predicted molar refractivity (Wildman–Crippen MR) is 108 cm³/mol. The molecule has 0 saturated heterocycles. The molecule has 0 unspecified atom stereocenters. The molecule has 0 saturated carbocycles. The van der Waals surface area contributed by atoms with E-state index in [2.05, 4.69) is 10.7 Å². The summed E-state index contributed by atoms with van der Waals surface area (Å²) in [6, 6.07) is 15.1. The zero-order valence-electron chi connectivity index (χ0n) is 14.7. The molecule has 0 aliphatic rings. The second-order valence-corrected chi connectivity index (χ2v) is 6.87. The quantitative estimate of drug-likeness (QED) is 0.642. The van der Waals surface area contributed by atoms with Gasteiger partial charge in [-0.3, -0.25) is 19.7 Å². The number of nitrogens with one attached hydrogen (secondary N) is 2. The number of benzene rings is 2. The first-order valence-electron chi connectivity index (χ1n) is 8.18. The number of nitrogens with zero attached hydrogens (tertiary/aromatic N) is 1. The summed E-state index contributed by atoms with van der Waals surface area (Å²) in [5.41, 5.74) is 6.15. The highest BCUT2D eigenvalue weighted by Crippen LogP contribution is 2.23. The molecule has 0 aliphatic carbocycles. The van der Waals surface area contributed by atoms with Gasteiger partial charge in [-0.25, -0.2) is 0 Å². The van der Waals surface area contributed by atoms with E-state index in [-0.39, 0.29) is 11.8 Å². The van der Waals surface area contributed by atoms with E-state index in [1.54, 1.807) is 41.1 Å². The second-order valence-electron chi connectivity index (χ2n) is 6.05. The van der Waals surface area contributed by atoms with Crippen LogP contribution in [-0.4, -0.2) is 16.5 Å². The van der Waals surface area contributed by atoms with Gasteiger partial charge >= 0.3 is 0 Å². The lowest BCUT2D eigenvalue weighted by Crippen LogP contribution is -2.24. The van der Waals surface area contributed by atoms with Gasteiger partial charge in [0.1, 0.15) is 0 Å². The summed E-state index contributed by atoms with van der Waals surface area (Å²) >= 11 is 11.8. The summed E-state index contributed by atoms with van der Waals surface area (Å²) in [6.45, 7) is 3.82. The zero-order valence-corrected chi connectivity index (χ0v) is 16.2. The van der Waals surface area contributed by atoms with Crippen LogP contribution in [0.3, 0.4) is 0 Å². The Balaban J connectivity index is 1.68. The lowest BCUT2D eigenvalue weighted by molar-refractivity contribution is 0.100. The Morgan fingerprint density at radius 3 is 1.96 bits per heavy atom. The maximum Gasteiger partial charge on any atom is 0.270 e. The van der Waals surface area contributed by atoms with Crippen molar-refractivity contribution in [3.05, 3.63) is 87.2 Å². The Kier molecular flexibility index (Phi) is 5.54. The van der Waals surface area contributed by atoms with E-state index in [0.717, 1.165) is 11.4 Å². The van der Waals surface area contributed by atoms with Gasteiger partial charge in [0, 0.05) is 28.2 Å². The third kappa shape index (κ3) is 4.32. The number of aromatic nitrogens is 1. The van der Waals surface area contributed by atoms with Crippen molar-refractivity contribution in [2.75, 3.05) is 10.7 Å². The number of anilines is 1. The van der Waals surface area contributed by atoms with Crippen LogP contribution in [0.5, 0.6) is 0 Å². The molecule has 0 spiro atoms. The van der Waals surface area contributed by atoms with E-state index in [1.807, 2.05) is 26.0 Å². The molecule has 3 rings (SSSR count). The molecule has 0 fully saturated rings. The van der Waals surface area contributed by atoms with E-state index in [0.29, 0.717) is 26.9 Å². The summed E-state index contributed by atoms with van der Waals surface area (Å²) in [7, 11) is 0. The highest BCUT2D eigenvalue weighted by atomic mass is 35.5. The summed E-state index contributed by atoms with van der Waals surface area (Å²) in [6.07, 6.45) is 0. The predicted octanol–water partition coefficient (Wildman–Crippen LogP) is 5.05. The SMILES string of the molecule is Cc1ccc(C)n1NC(=O)c1ccc(NC(=O)c2ccc(Cl)c(Cl)c2)cc1. The molecule has 5 nitrogen and oxygen atoms in total. The standard InChI is InChI=1S/C20H17Cl2N3O2/c1-12-3-4-13(2)25(12)24-20(27)14-5-8-16(9-6-14)23-19(26)15-7-10-17(21)18(22)11-15/h3-11H,1-2H3,(H,23,26)(H,24,27). The van der Waals surface area contributed by atoms with Crippen molar-refractivity contribution in [3.63, 3.8) is 0 Å². The average Bonchev–Trinajstić information content (AvgIpc) is 2.96. The Bertz CT molecular complexity index is 991. The number of carbonyl (C=O) groups excluding carboxylic acids is 2. The van der Waals surface area contributed by atoms with Crippen molar-refractivity contribution in [2.24, 2.45) is 0 Å².